The van der Waals surface area contributed by atoms with Crippen molar-refractivity contribution in [2.75, 3.05) is 40.4 Å². The summed E-state index contributed by atoms with van der Waals surface area (Å²) in [6.07, 6.45) is 2.64. The quantitative estimate of drug-likeness (QED) is 0.538. The molecule has 2 fully saturated rings. The van der Waals surface area contributed by atoms with Crippen molar-refractivity contribution in [3.05, 3.63) is 23.8 Å². The lowest BCUT2D eigenvalue weighted by Crippen LogP contribution is -2.42. The summed E-state index contributed by atoms with van der Waals surface area (Å²) < 4.78 is 10.5. The Morgan fingerprint density at radius 3 is 2.71 bits per heavy atom. The van der Waals surface area contributed by atoms with E-state index in [0.717, 1.165) is 31.5 Å². The molecule has 9 nitrogen and oxygen atoms in total. The molecule has 0 saturated carbocycles. The van der Waals surface area contributed by atoms with Crippen LogP contribution in [0.2, 0.25) is 0 Å². The highest BCUT2D eigenvalue weighted by Gasteiger charge is 2.38. The number of carbonyl (C=O) groups is 3. The first-order valence-corrected chi connectivity index (χ1v) is 10.8. The van der Waals surface area contributed by atoms with Gasteiger partial charge in [0.25, 0.3) is 5.91 Å². The second-order valence-electron chi connectivity index (χ2n) is 7.86. The van der Waals surface area contributed by atoms with Crippen LogP contribution in [0.15, 0.2) is 18.2 Å². The standard InChI is InChI=1S/C22H32N4O5/c1-4-25-10-5-6-16(25)14-23-20(27)13-17-21(28)26(22(29)24-17)11-9-15-7-8-18(30-2)19(12-15)31-3/h7-8,12,16-17H,4-6,9-11,13-14H2,1-3H3,(H,23,27)(H,24,29)/t16-,17-/m1/s1. The van der Waals surface area contributed by atoms with Gasteiger partial charge in [0.15, 0.2) is 11.5 Å². The summed E-state index contributed by atoms with van der Waals surface area (Å²) in [4.78, 5) is 40.8. The molecule has 1 aromatic carbocycles. The predicted molar refractivity (Wildman–Crippen MR) is 115 cm³/mol. The van der Waals surface area contributed by atoms with Crippen LogP contribution in [0.3, 0.4) is 0 Å². The van der Waals surface area contributed by atoms with Crippen molar-refractivity contribution < 1.29 is 23.9 Å². The summed E-state index contributed by atoms with van der Waals surface area (Å²) in [5.74, 6) is 0.627. The zero-order valence-electron chi connectivity index (χ0n) is 18.5. The average molecular weight is 433 g/mol. The largest absolute Gasteiger partial charge is 0.493 e. The van der Waals surface area contributed by atoms with E-state index in [2.05, 4.69) is 22.5 Å². The van der Waals surface area contributed by atoms with Gasteiger partial charge in [-0.15, -0.1) is 0 Å². The first-order chi connectivity index (χ1) is 15.0. The molecule has 2 heterocycles. The molecule has 9 heteroatoms. The van der Waals surface area contributed by atoms with Gasteiger partial charge in [0.2, 0.25) is 5.91 Å². The van der Waals surface area contributed by atoms with Crippen molar-refractivity contribution in [3.63, 3.8) is 0 Å². The third-order valence-corrected chi connectivity index (χ3v) is 6.01. The van der Waals surface area contributed by atoms with Crippen molar-refractivity contribution in [2.45, 2.75) is 44.7 Å². The number of ether oxygens (including phenoxy) is 2. The molecule has 0 unspecified atom stereocenters. The van der Waals surface area contributed by atoms with Crippen LogP contribution in [-0.2, 0) is 16.0 Å². The number of amides is 4. The molecule has 2 saturated heterocycles. The van der Waals surface area contributed by atoms with Crippen LogP contribution in [-0.4, -0.2) is 80.1 Å². The Morgan fingerprint density at radius 2 is 2.00 bits per heavy atom. The second-order valence-corrected chi connectivity index (χ2v) is 7.86. The molecule has 0 aliphatic carbocycles. The van der Waals surface area contributed by atoms with Gasteiger partial charge < -0.3 is 20.1 Å². The smallest absolute Gasteiger partial charge is 0.324 e. The third-order valence-electron chi connectivity index (χ3n) is 6.01. The number of benzene rings is 1. The zero-order chi connectivity index (χ0) is 22.4. The van der Waals surface area contributed by atoms with Gasteiger partial charge in [0.1, 0.15) is 6.04 Å². The number of nitrogens with zero attached hydrogens (tertiary/aromatic N) is 2. The molecular formula is C22H32N4O5. The van der Waals surface area contributed by atoms with E-state index in [0.29, 0.717) is 30.5 Å². The van der Waals surface area contributed by atoms with Gasteiger partial charge in [-0.3, -0.25) is 19.4 Å². The Labute approximate surface area is 183 Å². The van der Waals surface area contributed by atoms with E-state index in [4.69, 9.17) is 9.47 Å². The number of likely N-dealkylation sites (N-methyl/N-ethyl adjacent to an activating group) is 1. The SMILES string of the molecule is CCN1CCC[C@@H]1CNC(=O)C[C@H]1NC(=O)N(CCc2ccc(OC)c(OC)c2)C1=O. The van der Waals surface area contributed by atoms with Crippen LogP contribution in [0.5, 0.6) is 11.5 Å². The molecule has 0 aromatic heterocycles. The molecule has 0 radical (unpaired) electrons. The molecule has 2 N–H and O–H groups in total. The van der Waals surface area contributed by atoms with E-state index in [9.17, 15) is 14.4 Å². The Morgan fingerprint density at radius 1 is 1.23 bits per heavy atom. The number of carbonyl (C=O) groups excluding carboxylic acids is 3. The van der Waals surface area contributed by atoms with Crippen molar-refractivity contribution in [3.8, 4) is 11.5 Å². The fourth-order valence-electron chi connectivity index (χ4n) is 4.24. The van der Waals surface area contributed by atoms with E-state index in [1.165, 1.54) is 4.90 Å². The predicted octanol–water partition coefficient (Wildman–Crippen LogP) is 1.16. The van der Waals surface area contributed by atoms with Crippen LogP contribution in [0, 0.1) is 0 Å². The number of hydrogen-bond donors (Lipinski definition) is 2. The topological polar surface area (TPSA) is 100 Å². The molecular weight excluding hydrogens is 400 g/mol. The van der Waals surface area contributed by atoms with E-state index in [-0.39, 0.29) is 24.8 Å². The number of nitrogens with one attached hydrogen (secondary N) is 2. The summed E-state index contributed by atoms with van der Waals surface area (Å²) in [6.45, 7) is 4.94. The highest BCUT2D eigenvalue weighted by atomic mass is 16.5. The number of imide groups is 1. The van der Waals surface area contributed by atoms with E-state index in [1.54, 1.807) is 20.3 Å². The van der Waals surface area contributed by atoms with Crippen molar-refractivity contribution in [2.24, 2.45) is 0 Å². The second kappa shape index (κ2) is 10.5. The molecule has 2 aliphatic rings. The summed E-state index contributed by atoms with van der Waals surface area (Å²) in [5.41, 5.74) is 0.913. The van der Waals surface area contributed by atoms with E-state index in [1.807, 2.05) is 12.1 Å². The van der Waals surface area contributed by atoms with E-state index >= 15 is 0 Å². The van der Waals surface area contributed by atoms with E-state index < -0.39 is 12.1 Å². The summed E-state index contributed by atoms with van der Waals surface area (Å²) in [7, 11) is 3.12. The lowest BCUT2D eigenvalue weighted by molar-refractivity contribution is -0.130. The van der Waals surface area contributed by atoms with Gasteiger partial charge >= 0.3 is 6.03 Å². The number of hydrogen-bond acceptors (Lipinski definition) is 6. The fraction of sp³-hybridized carbons (Fsp3) is 0.591. The third kappa shape index (κ3) is 5.46. The van der Waals surface area contributed by atoms with Gasteiger partial charge in [0, 0.05) is 19.1 Å². The van der Waals surface area contributed by atoms with Gasteiger partial charge in [0.05, 0.1) is 20.6 Å². The van der Waals surface area contributed by atoms with Crippen LogP contribution >= 0.6 is 0 Å². The maximum absolute atomic E-state index is 12.7. The zero-order valence-corrected chi connectivity index (χ0v) is 18.5. The van der Waals surface area contributed by atoms with Crippen LogP contribution < -0.4 is 20.1 Å². The summed E-state index contributed by atoms with van der Waals surface area (Å²) in [6, 6.07) is 4.55. The Kier molecular flexibility index (Phi) is 7.73. The normalized spacial score (nSPS) is 21.3. The van der Waals surface area contributed by atoms with Gasteiger partial charge in [-0.2, -0.15) is 0 Å². The minimum atomic E-state index is -0.816. The minimum absolute atomic E-state index is 0.0454. The highest BCUT2D eigenvalue weighted by Crippen LogP contribution is 2.28. The number of urea groups is 1. The van der Waals surface area contributed by atoms with Crippen LogP contribution in [0.25, 0.3) is 0 Å². The van der Waals surface area contributed by atoms with Gasteiger partial charge in [-0.05, 0) is 50.0 Å². The Hall–Kier alpha value is -2.81. The van der Waals surface area contributed by atoms with Gasteiger partial charge in [-0.1, -0.05) is 13.0 Å². The molecule has 170 valence electrons. The summed E-state index contributed by atoms with van der Waals surface area (Å²) >= 11 is 0. The molecule has 1 aromatic rings. The highest BCUT2D eigenvalue weighted by molar-refractivity contribution is 6.05. The van der Waals surface area contributed by atoms with Crippen molar-refractivity contribution in [1.82, 2.24) is 20.4 Å². The van der Waals surface area contributed by atoms with Gasteiger partial charge in [-0.25, -0.2) is 4.79 Å². The maximum Gasteiger partial charge on any atom is 0.324 e. The molecule has 31 heavy (non-hydrogen) atoms. The van der Waals surface area contributed by atoms with Crippen molar-refractivity contribution >= 4 is 17.8 Å². The Balaban J connectivity index is 1.49. The number of rotatable bonds is 10. The van der Waals surface area contributed by atoms with Crippen LogP contribution in [0.1, 0.15) is 31.7 Å². The molecule has 2 aliphatic heterocycles. The lowest BCUT2D eigenvalue weighted by atomic mass is 10.1. The maximum atomic E-state index is 12.7. The minimum Gasteiger partial charge on any atom is -0.493 e. The monoisotopic (exact) mass is 432 g/mol. The summed E-state index contributed by atoms with van der Waals surface area (Å²) in [5, 5.41) is 5.55. The molecule has 0 spiro atoms. The lowest BCUT2D eigenvalue weighted by Gasteiger charge is -2.23. The molecule has 4 amide bonds. The first-order valence-electron chi connectivity index (χ1n) is 10.8. The van der Waals surface area contributed by atoms with Crippen LogP contribution in [0.4, 0.5) is 4.79 Å². The molecule has 2 atom stereocenters. The molecule has 0 bridgehead atoms. The molecule has 3 rings (SSSR count). The number of likely N-dealkylation sites (tertiary alicyclic amines) is 1. The first kappa shape index (κ1) is 22.9. The number of methoxy groups -OCH3 is 2. The fourth-order valence-corrected chi connectivity index (χ4v) is 4.24. The Bertz CT molecular complexity index is 815. The van der Waals surface area contributed by atoms with Crippen molar-refractivity contribution in [1.29, 1.82) is 0 Å². The average Bonchev–Trinajstić information content (AvgIpc) is 3.34.